The molecular formula is C20H20IN5O. The third kappa shape index (κ3) is 5.82. The summed E-state index contributed by atoms with van der Waals surface area (Å²) in [6, 6.07) is 19.4. The van der Waals surface area contributed by atoms with E-state index < -0.39 is 0 Å². The van der Waals surface area contributed by atoms with E-state index in [9.17, 15) is 0 Å². The highest BCUT2D eigenvalue weighted by molar-refractivity contribution is 14.0. The first kappa shape index (κ1) is 20.5. The molecule has 0 aliphatic heterocycles. The average Bonchev–Trinajstić information content (AvgIpc) is 3.18. The van der Waals surface area contributed by atoms with Gasteiger partial charge in [-0.15, -0.1) is 24.0 Å². The molecule has 0 fully saturated rings. The molecule has 2 aromatic carbocycles. The standard InChI is InChI=1S/C20H19N5O.HI/c1-22-20(23-12-16-7-5-6-15(10-16)11-21)24-13-18-14-26-19(25-18)17-8-3-2-4-9-17;/h2-10,14H,12-13H2,1H3,(H2,22,23,24);1H. The first-order valence-electron chi connectivity index (χ1n) is 8.22. The molecule has 27 heavy (non-hydrogen) atoms. The summed E-state index contributed by atoms with van der Waals surface area (Å²) < 4.78 is 5.53. The van der Waals surface area contributed by atoms with Crippen LogP contribution in [0.4, 0.5) is 0 Å². The molecule has 6 nitrogen and oxygen atoms in total. The number of hydrogen-bond donors (Lipinski definition) is 2. The highest BCUT2D eigenvalue weighted by Gasteiger charge is 2.07. The van der Waals surface area contributed by atoms with Crippen LogP contribution >= 0.6 is 24.0 Å². The number of hydrogen-bond acceptors (Lipinski definition) is 4. The average molecular weight is 473 g/mol. The molecule has 0 amide bonds. The maximum Gasteiger partial charge on any atom is 0.226 e. The van der Waals surface area contributed by atoms with Crippen molar-refractivity contribution in [2.75, 3.05) is 7.05 Å². The van der Waals surface area contributed by atoms with E-state index in [0.29, 0.717) is 30.5 Å². The van der Waals surface area contributed by atoms with E-state index in [1.165, 1.54) is 0 Å². The van der Waals surface area contributed by atoms with Crippen LogP contribution < -0.4 is 10.6 Å². The minimum Gasteiger partial charge on any atom is -0.444 e. The second-order valence-electron chi connectivity index (χ2n) is 5.60. The molecule has 7 heteroatoms. The van der Waals surface area contributed by atoms with Crippen molar-refractivity contribution >= 4 is 29.9 Å². The van der Waals surface area contributed by atoms with E-state index in [4.69, 9.17) is 9.68 Å². The zero-order valence-electron chi connectivity index (χ0n) is 14.8. The van der Waals surface area contributed by atoms with Gasteiger partial charge in [-0.3, -0.25) is 4.99 Å². The number of aromatic nitrogens is 1. The number of rotatable bonds is 5. The lowest BCUT2D eigenvalue weighted by molar-refractivity contribution is 0.572. The third-order valence-electron chi connectivity index (χ3n) is 3.75. The lowest BCUT2D eigenvalue weighted by atomic mass is 10.1. The SMILES string of the molecule is CN=C(NCc1cccc(C#N)c1)NCc1coc(-c2ccccc2)n1.I. The van der Waals surface area contributed by atoms with E-state index in [-0.39, 0.29) is 24.0 Å². The van der Waals surface area contributed by atoms with Crippen LogP contribution in [0, 0.1) is 11.3 Å². The van der Waals surface area contributed by atoms with E-state index in [2.05, 4.69) is 26.7 Å². The molecule has 1 heterocycles. The number of nitriles is 1. The summed E-state index contributed by atoms with van der Waals surface area (Å²) in [5.74, 6) is 1.25. The minimum atomic E-state index is 0. The van der Waals surface area contributed by atoms with Crippen LogP contribution in [-0.2, 0) is 13.1 Å². The number of halogens is 1. The van der Waals surface area contributed by atoms with Gasteiger partial charge in [0, 0.05) is 19.2 Å². The van der Waals surface area contributed by atoms with Gasteiger partial charge in [0.15, 0.2) is 5.96 Å². The third-order valence-corrected chi connectivity index (χ3v) is 3.75. The predicted molar refractivity (Wildman–Crippen MR) is 116 cm³/mol. The molecule has 0 atom stereocenters. The van der Waals surface area contributed by atoms with Crippen molar-refractivity contribution in [3.8, 4) is 17.5 Å². The molecule has 138 valence electrons. The van der Waals surface area contributed by atoms with E-state index in [0.717, 1.165) is 16.8 Å². The summed E-state index contributed by atoms with van der Waals surface area (Å²) in [5, 5.41) is 15.4. The van der Waals surface area contributed by atoms with Gasteiger partial charge in [0.25, 0.3) is 0 Å². The molecule has 2 N–H and O–H groups in total. The van der Waals surface area contributed by atoms with Crippen LogP contribution in [0.1, 0.15) is 16.8 Å². The monoisotopic (exact) mass is 473 g/mol. The van der Waals surface area contributed by atoms with Gasteiger partial charge in [-0.2, -0.15) is 5.26 Å². The number of nitrogens with zero attached hydrogens (tertiary/aromatic N) is 3. The van der Waals surface area contributed by atoms with Crippen molar-refractivity contribution in [2.45, 2.75) is 13.1 Å². The van der Waals surface area contributed by atoms with Crippen molar-refractivity contribution in [1.29, 1.82) is 5.26 Å². The van der Waals surface area contributed by atoms with Gasteiger partial charge >= 0.3 is 0 Å². The normalized spacial score (nSPS) is 10.6. The van der Waals surface area contributed by atoms with Gasteiger partial charge in [0.2, 0.25) is 5.89 Å². The highest BCUT2D eigenvalue weighted by atomic mass is 127. The molecule has 0 unspecified atom stereocenters. The van der Waals surface area contributed by atoms with Crippen molar-refractivity contribution in [3.63, 3.8) is 0 Å². The van der Waals surface area contributed by atoms with Gasteiger partial charge in [-0.1, -0.05) is 30.3 Å². The summed E-state index contributed by atoms with van der Waals surface area (Å²) >= 11 is 0. The van der Waals surface area contributed by atoms with Crippen LogP contribution in [0.2, 0.25) is 0 Å². The van der Waals surface area contributed by atoms with Gasteiger partial charge in [-0.05, 0) is 29.8 Å². The number of oxazole rings is 1. The van der Waals surface area contributed by atoms with Gasteiger partial charge in [-0.25, -0.2) is 4.98 Å². The zero-order chi connectivity index (χ0) is 18.2. The summed E-state index contributed by atoms with van der Waals surface area (Å²) in [6.45, 7) is 1.07. The molecule has 1 aromatic heterocycles. The van der Waals surface area contributed by atoms with Crippen LogP contribution in [0.3, 0.4) is 0 Å². The van der Waals surface area contributed by atoms with Crippen molar-refractivity contribution < 1.29 is 4.42 Å². The molecule has 0 saturated carbocycles. The molecule has 0 aliphatic carbocycles. The van der Waals surface area contributed by atoms with Crippen molar-refractivity contribution in [3.05, 3.63) is 77.7 Å². The lowest BCUT2D eigenvalue weighted by Gasteiger charge is -2.11. The van der Waals surface area contributed by atoms with E-state index in [1.54, 1.807) is 19.4 Å². The van der Waals surface area contributed by atoms with Gasteiger partial charge < -0.3 is 15.1 Å². The summed E-state index contributed by atoms with van der Waals surface area (Å²) in [5.41, 5.74) is 3.39. The summed E-state index contributed by atoms with van der Waals surface area (Å²) in [7, 11) is 1.71. The molecular weight excluding hydrogens is 453 g/mol. The fourth-order valence-electron chi connectivity index (χ4n) is 2.43. The Balaban J connectivity index is 0.00000261. The molecule has 0 saturated heterocycles. The number of benzene rings is 2. The number of aliphatic imine (C=N–C) groups is 1. The fraction of sp³-hybridized carbons (Fsp3) is 0.150. The first-order valence-corrected chi connectivity index (χ1v) is 8.22. The second-order valence-corrected chi connectivity index (χ2v) is 5.60. The van der Waals surface area contributed by atoms with Crippen LogP contribution in [0.15, 0.2) is 70.3 Å². The zero-order valence-corrected chi connectivity index (χ0v) is 17.2. The van der Waals surface area contributed by atoms with E-state index >= 15 is 0 Å². The molecule has 3 aromatic rings. The molecule has 3 rings (SSSR count). The number of nitrogens with one attached hydrogen (secondary N) is 2. The maximum atomic E-state index is 8.96. The highest BCUT2D eigenvalue weighted by Crippen LogP contribution is 2.17. The Kier molecular flexibility index (Phi) is 7.82. The van der Waals surface area contributed by atoms with Crippen LogP contribution in [0.5, 0.6) is 0 Å². The largest absolute Gasteiger partial charge is 0.444 e. The van der Waals surface area contributed by atoms with Crippen molar-refractivity contribution in [1.82, 2.24) is 15.6 Å². The van der Waals surface area contributed by atoms with Crippen molar-refractivity contribution in [2.24, 2.45) is 4.99 Å². The molecule has 0 aliphatic rings. The van der Waals surface area contributed by atoms with Gasteiger partial charge in [0.1, 0.15) is 6.26 Å². The Labute approximate surface area is 175 Å². The molecule has 0 radical (unpaired) electrons. The maximum absolute atomic E-state index is 8.96. The topological polar surface area (TPSA) is 86.2 Å². The van der Waals surface area contributed by atoms with Crippen LogP contribution in [-0.4, -0.2) is 18.0 Å². The molecule has 0 spiro atoms. The van der Waals surface area contributed by atoms with Gasteiger partial charge in [0.05, 0.1) is 23.9 Å². The Morgan fingerprint density at radius 3 is 2.63 bits per heavy atom. The van der Waals surface area contributed by atoms with E-state index in [1.807, 2.05) is 48.5 Å². The first-order chi connectivity index (χ1) is 12.8. The number of guanidine groups is 1. The lowest BCUT2D eigenvalue weighted by Crippen LogP contribution is -2.36. The summed E-state index contributed by atoms with van der Waals surface area (Å²) in [4.78, 5) is 8.68. The summed E-state index contributed by atoms with van der Waals surface area (Å²) in [6.07, 6.45) is 1.64. The Morgan fingerprint density at radius 1 is 1.11 bits per heavy atom. The van der Waals surface area contributed by atoms with Crippen LogP contribution in [0.25, 0.3) is 11.5 Å². The molecule has 0 bridgehead atoms. The predicted octanol–water partition coefficient (Wildman–Crippen LogP) is 3.70. The Hall–Kier alpha value is -2.86. The quantitative estimate of drug-likeness (QED) is 0.336. The fourth-order valence-corrected chi connectivity index (χ4v) is 2.43. The Morgan fingerprint density at radius 2 is 1.89 bits per heavy atom. The minimum absolute atomic E-state index is 0. The second kappa shape index (κ2) is 10.3. The smallest absolute Gasteiger partial charge is 0.226 e. The Bertz CT molecular complexity index is 931.